The van der Waals surface area contributed by atoms with Crippen LogP contribution < -0.4 is 10.6 Å². The molecule has 1 aliphatic carbocycles. The first-order valence-corrected chi connectivity index (χ1v) is 7.36. The van der Waals surface area contributed by atoms with Crippen molar-refractivity contribution in [3.63, 3.8) is 0 Å². The second-order valence-electron chi connectivity index (χ2n) is 5.42. The second-order valence-corrected chi connectivity index (χ2v) is 5.42. The number of hydrogen-bond acceptors (Lipinski definition) is 3. The van der Waals surface area contributed by atoms with Gasteiger partial charge in [-0.15, -0.1) is 0 Å². The number of nitrogens with one attached hydrogen (secondary N) is 2. The number of ether oxygens (including phenoxy) is 1. The fourth-order valence-corrected chi connectivity index (χ4v) is 2.70. The van der Waals surface area contributed by atoms with Crippen LogP contribution in [0.25, 0.3) is 0 Å². The van der Waals surface area contributed by atoms with E-state index in [0.29, 0.717) is 0 Å². The lowest BCUT2D eigenvalue weighted by Gasteiger charge is -2.29. The van der Waals surface area contributed by atoms with Crippen molar-refractivity contribution >= 4 is 12.0 Å². The van der Waals surface area contributed by atoms with E-state index in [1.165, 1.54) is 20.0 Å². The van der Waals surface area contributed by atoms with Crippen molar-refractivity contribution in [2.45, 2.75) is 57.6 Å². The smallest absolute Gasteiger partial charge is 0.334 e. The Labute approximate surface area is 120 Å². The largest absolute Gasteiger partial charge is 0.479 e. The Hall–Kier alpha value is -1.30. The van der Waals surface area contributed by atoms with Crippen molar-refractivity contribution in [3.05, 3.63) is 0 Å². The molecule has 6 heteroatoms. The first-order valence-electron chi connectivity index (χ1n) is 7.36. The van der Waals surface area contributed by atoms with Gasteiger partial charge in [-0.1, -0.05) is 19.8 Å². The molecule has 0 radical (unpaired) electrons. The van der Waals surface area contributed by atoms with Crippen molar-refractivity contribution in [3.8, 4) is 0 Å². The normalized spacial score (nSPS) is 23.9. The first kappa shape index (κ1) is 16.8. The number of methoxy groups -OCH3 is 1. The van der Waals surface area contributed by atoms with Gasteiger partial charge in [-0.2, -0.15) is 0 Å². The standard InChI is InChI=1S/C14H26N2O4/c1-3-4-10-5-7-11(8-6-10)16-14(19)15-9-12(20-2)13(17)18/h10-12H,3-9H2,1-2H3,(H,17,18)(H2,15,16,19). The molecule has 6 nitrogen and oxygen atoms in total. The summed E-state index contributed by atoms with van der Waals surface area (Å²) in [6.07, 6.45) is 5.82. The van der Waals surface area contributed by atoms with E-state index in [2.05, 4.69) is 17.6 Å². The summed E-state index contributed by atoms with van der Waals surface area (Å²) in [5.41, 5.74) is 0. The summed E-state index contributed by atoms with van der Waals surface area (Å²) in [6.45, 7) is 2.18. The summed E-state index contributed by atoms with van der Waals surface area (Å²) in [5, 5.41) is 14.2. The van der Waals surface area contributed by atoms with E-state index in [0.717, 1.165) is 31.6 Å². The van der Waals surface area contributed by atoms with Gasteiger partial charge in [-0.05, 0) is 31.6 Å². The number of carbonyl (C=O) groups is 2. The van der Waals surface area contributed by atoms with Crippen LogP contribution in [0, 0.1) is 5.92 Å². The van der Waals surface area contributed by atoms with Crippen molar-refractivity contribution < 1.29 is 19.4 Å². The molecule has 1 atom stereocenters. The molecule has 0 aromatic heterocycles. The van der Waals surface area contributed by atoms with Crippen molar-refractivity contribution in [2.75, 3.05) is 13.7 Å². The monoisotopic (exact) mass is 286 g/mol. The summed E-state index contributed by atoms with van der Waals surface area (Å²) in [5.74, 6) is -0.279. The molecule has 0 aromatic rings. The molecule has 3 N–H and O–H groups in total. The van der Waals surface area contributed by atoms with Gasteiger partial charge in [0.2, 0.25) is 0 Å². The predicted octanol–water partition coefficient (Wildman–Crippen LogP) is 1.74. The maximum Gasteiger partial charge on any atom is 0.334 e. The van der Waals surface area contributed by atoms with Gasteiger partial charge >= 0.3 is 12.0 Å². The summed E-state index contributed by atoms with van der Waals surface area (Å²) in [6, 6.07) is -0.110. The molecule has 0 spiro atoms. The lowest BCUT2D eigenvalue weighted by molar-refractivity contribution is -0.147. The Morgan fingerprint density at radius 1 is 1.30 bits per heavy atom. The van der Waals surface area contributed by atoms with E-state index in [4.69, 9.17) is 9.84 Å². The summed E-state index contributed by atoms with van der Waals surface area (Å²) < 4.78 is 4.75. The number of carboxylic acid groups (broad SMARTS) is 1. The topological polar surface area (TPSA) is 87.7 Å². The zero-order valence-corrected chi connectivity index (χ0v) is 12.4. The molecule has 1 aliphatic rings. The molecule has 0 aromatic carbocycles. The number of hydrogen-bond donors (Lipinski definition) is 3. The van der Waals surface area contributed by atoms with Gasteiger partial charge in [0.1, 0.15) is 0 Å². The average Bonchev–Trinajstić information content (AvgIpc) is 2.41. The van der Waals surface area contributed by atoms with Crippen LogP contribution in [-0.4, -0.2) is 42.9 Å². The Bertz CT molecular complexity index is 314. The minimum Gasteiger partial charge on any atom is -0.479 e. The van der Waals surface area contributed by atoms with E-state index in [1.807, 2.05) is 0 Å². The van der Waals surface area contributed by atoms with Crippen LogP contribution in [0.4, 0.5) is 4.79 Å². The molecular weight excluding hydrogens is 260 g/mol. The van der Waals surface area contributed by atoms with Gasteiger partial charge in [0, 0.05) is 13.2 Å². The highest BCUT2D eigenvalue weighted by molar-refractivity contribution is 5.77. The van der Waals surface area contributed by atoms with E-state index in [1.54, 1.807) is 0 Å². The fourth-order valence-electron chi connectivity index (χ4n) is 2.70. The molecule has 1 fully saturated rings. The number of carboxylic acids is 1. The maximum absolute atomic E-state index is 11.7. The maximum atomic E-state index is 11.7. The van der Waals surface area contributed by atoms with E-state index >= 15 is 0 Å². The molecule has 20 heavy (non-hydrogen) atoms. The minimum atomic E-state index is -1.08. The minimum absolute atomic E-state index is 0.0250. The Balaban J connectivity index is 2.21. The highest BCUT2D eigenvalue weighted by Gasteiger charge is 2.22. The Morgan fingerprint density at radius 2 is 1.95 bits per heavy atom. The van der Waals surface area contributed by atoms with Crippen molar-refractivity contribution in [1.82, 2.24) is 10.6 Å². The van der Waals surface area contributed by atoms with Gasteiger partial charge in [-0.3, -0.25) is 0 Å². The molecule has 2 amide bonds. The molecule has 1 rings (SSSR count). The number of urea groups is 1. The van der Waals surface area contributed by atoms with Gasteiger partial charge in [0.05, 0.1) is 6.54 Å². The SMILES string of the molecule is CCCC1CCC(NC(=O)NCC(OC)C(=O)O)CC1. The number of aliphatic carboxylic acids is 1. The Morgan fingerprint density at radius 3 is 2.45 bits per heavy atom. The molecule has 0 bridgehead atoms. The Kier molecular flexibility index (Phi) is 7.36. The molecular formula is C14H26N2O4. The van der Waals surface area contributed by atoms with Crippen LogP contribution in [0.5, 0.6) is 0 Å². The van der Waals surface area contributed by atoms with Gasteiger partial charge in [-0.25, -0.2) is 9.59 Å². The summed E-state index contributed by atoms with van der Waals surface area (Å²) in [7, 11) is 1.31. The molecule has 1 unspecified atom stereocenters. The second kappa shape index (κ2) is 8.79. The third-order valence-corrected chi connectivity index (χ3v) is 3.89. The van der Waals surface area contributed by atoms with Crippen molar-refractivity contribution in [2.24, 2.45) is 5.92 Å². The third kappa shape index (κ3) is 5.77. The molecule has 1 saturated carbocycles. The van der Waals surface area contributed by atoms with E-state index < -0.39 is 12.1 Å². The molecule has 0 saturated heterocycles. The fraction of sp³-hybridized carbons (Fsp3) is 0.857. The average molecular weight is 286 g/mol. The lowest BCUT2D eigenvalue weighted by atomic mass is 9.83. The van der Waals surface area contributed by atoms with E-state index in [-0.39, 0.29) is 18.6 Å². The van der Waals surface area contributed by atoms with Crippen LogP contribution >= 0.6 is 0 Å². The molecule has 116 valence electrons. The zero-order valence-electron chi connectivity index (χ0n) is 12.4. The van der Waals surface area contributed by atoms with Gasteiger partial charge in [0.25, 0.3) is 0 Å². The number of rotatable bonds is 7. The van der Waals surface area contributed by atoms with Crippen LogP contribution in [0.3, 0.4) is 0 Å². The zero-order chi connectivity index (χ0) is 15.0. The van der Waals surface area contributed by atoms with Gasteiger partial charge in [0.15, 0.2) is 6.10 Å². The highest BCUT2D eigenvalue weighted by Crippen LogP contribution is 2.27. The van der Waals surface area contributed by atoms with Crippen LogP contribution in [0.2, 0.25) is 0 Å². The molecule has 0 heterocycles. The summed E-state index contributed by atoms with van der Waals surface area (Å²) >= 11 is 0. The van der Waals surface area contributed by atoms with Crippen LogP contribution in [0.15, 0.2) is 0 Å². The lowest BCUT2D eigenvalue weighted by Crippen LogP contribution is -2.47. The highest BCUT2D eigenvalue weighted by atomic mass is 16.5. The molecule has 0 aliphatic heterocycles. The van der Waals surface area contributed by atoms with Crippen LogP contribution in [-0.2, 0) is 9.53 Å². The van der Waals surface area contributed by atoms with Crippen molar-refractivity contribution in [1.29, 1.82) is 0 Å². The predicted molar refractivity (Wildman–Crippen MR) is 75.6 cm³/mol. The van der Waals surface area contributed by atoms with Crippen LogP contribution in [0.1, 0.15) is 45.4 Å². The number of carbonyl (C=O) groups excluding carboxylic acids is 1. The number of amides is 2. The first-order chi connectivity index (χ1) is 9.56. The quantitative estimate of drug-likeness (QED) is 0.665. The van der Waals surface area contributed by atoms with Gasteiger partial charge < -0.3 is 20.5 Å². The third-order valence-electron chi connectivity index (χ3n) is 3.89. The summed E-state index contributed by atoms with van der Waals surface area (Å²) in [4.78, 5) is 22.4. The van der Waals surface area contributed by atoms with E-state index in [9.17, 15) is 9.59 Å².